The van der Waals surface area contributed by atoms with Crippen LogP contribution in [-0.2, 0) is 0 Å². The quantitative estimate of drug-likeness (QED) is 0.199. The van der Waals surface area contributed by atoms with Crippen LogP contribution >= 0.6 is 11.3 Å². The first-order valence-corrected chi connectivity index (χ1v) is 16.3. The van der Waals surface area contributed by atoms with Gasteiger partial charge in [-0.25, -0.2) is 0 Å². The largest absolute Gasteiger partial charge is 0.456 e. The van der Waals surface area contributed by atoms with Crippen LogP contribution in [-0.4, -0.2) is 4.57 Å². The maximum atomic E-state index is 6.18. The van der Waals surface area contributed by atoms with Crippen LogP contribution in [0.2, 0.25) is 0 Å². The van der Waals surface area contributed by atoms with E-state index >= 15 is 0 Å². The van der Waals surface area contributed by atoms with Crippen molar-refractivity contribution >= 4 is 92.3 Å². The summed E-state index contributed by atoms with van der Waals surface area (Å²) in [5.74, 6) is 0. The predicted molar refractivity (Wildman–Crippen MR) is 196 cm³/mol. The molecule has 0 aliphatic heterocycles. The third-order valence-corrected chi connectivity index (χ3v) is 10.3. The van der Waals surface area contributed by atoms with Crippen molar-refractivity contribution in [3.63, 3.8) is 0 Å². The standard InChI is InChI=1S/C42H26N2OS/c1-2-10-27(11-3-1)43(28-19-22-40-35(24-28)33-13-5-8-16-39(33)45-40)30-18-21-32-31-12-4-7-15-37(31)44(38(32)26-30)29-20-23-42-36(25-29)34-14-6-9-17-41(34)46-42/h1-26H. The van der Waals surface area contributed by atoms with E-state index in [1.54, 1.807) is 0 Å². The Morgan fingerprint density at radius 2 is 1.09 bits per heavy atom. The van der Waals surface area contributed by atoms with Gasteiger partial charge in [-0.3, -0.25) is 0 Å². The SMILES string of the molecule is c1ccc(N(c2ccc3oc4ccccc4c3c2)c2ccc3c4ccccc4n(-c4ccc5sc6ccccc6c5c4)c3c2)cc1. The Kier molecular flexibility index (Phi) is 5.45. The lowest BCUT2D eigenvalue weighted by Crippen LogP contribution is -2.10. The Labute approximate surface area is 268 Å². The average Bonchev–Trinajstić information content (AvgIpc) is 3.78. The van der Waals surface area contributed by atoms with Gasteiger partial charge >= 0.3 is 0 Å². The third-order valence-electron chi connectivity index (χ3n) is 9.17. The Balaban J connectivity index is 1.23. The lowest BCUT2D eigenvalue weighted by Gasteiger charge is -2.26. The zero-order valence-electron chi connectivity index (χ0n) is 24.7. The highest BCUT2D eigenvalue weighted by Crippen LogP contribution is 2.42. The van der Waals surface area contributed by atoms with Gasteiger partial charge in [-0.15, -0.1) is 11.3 Å². The van der Waals surface area contributed by atoms with Crippen molar-refractivity contribution in [2.75, 3.05) is 4.90 Å². The molecule has 4 heteroatoms. The second-order valence-corrected chi connectivity index (χ2v) is 12.9. The summed E-state index contributed by atoms with van der Waals surface area (Å²) in [6.07, 6.45) is 0. The minimum atomic E-state index is 0.893. The Morgan fingerprint density at radius 3 is 2.00 bits per heavy atom. The average molecular weight is 607 g/mol. The predicted octanol–water partition coefficient (Wildman–Crippen LogP) is 12.5. The molecule has 7 aromatic carbocycles. The van der Waals surface area contributed by atoms with E-state index in [4.69, 9.17) is 4.42 Å². The molecule has 0 N–H and O–H groups in total. The summed E-state index contributed by atoms with van der Waals surface area (Å²) < 4.78 is 11.2. The van der Waals surface area contributed by atoms with Crippen molar-refractivity contribution in [3.05, 3.63) is 158 Å². The van der Waals surface area contributed by atoms with E-state index in [-0.39, 0.29) is 0 Å². The van der Waals surface area contributed by atoms with Crippen molar-refractivity contribution in [1.29, 1.82) is 0 Å². The molecule has 216 valence electrons. The van der Waals surface area contributed by atoms with Crippen LogP contribution in [0, 0.1) is 0 Å². The van der Waals surface area contributed by atoms with Gasteiger partial charge in [0.15, 0.2) is 0 Å². The van der Waals surface area contributed by atoms with Gasteiger partial charge in [-0.2, -0.15) is 0 Å². The molecule has 0 radical (unpaired) electrons. The lowest BCUT2D eigenvalue weighted by molar-refractivity contribution is 0.669. The third kappa shape index (κ3) is 3.77. The smallest absolute Gasteiger partial charge is 0.135 e. The van der Waals surface area contributed by atoms with Crippen molar-refractivity contribution in [2.24, 2.45) is 0 Å². The molecule has 0 spiro atoms. The summed E-state index contributed by atoms with van der Waals surface area (Å²) in [6.45, 7) is 0. The number of hydrogen-bond acceptors (Lipinski definition) is 3. The molecule has 3 aromatic heterocycles. The summed E-state index contributed by atoms with van der Waals surface area (Å²) in [7, 11) is 0. The number of aromatic nitrogens is 1. The molecule has 0 bridgehead atoms. The number of rotatable bonds is 4. The molecule has 0 atom stereocenters. The fourth-order valence-corrected chi connectivity index (χ4v) is 8.19. The molecular weight excluding hydrogens is 581 g/mol. The second-order valence-electron chi connectivity index (χ2n) is 11.8. The van der Waals surface area contributed by atoms with Crippen molar-refractivity contribution in [1.82, 2.24) is 4.57 Å². The van der Waals surface area contributed by atoms with Crippen LogP contribution in [0.3, 0.4) is 0 Å². The summed E-state index contributed by atoms with van der Waals surface area (Å²) in [4.78, 5) is 2.35. The molecule has 0 unspecified atom stereocenters. The number of benzene rings is 7. The first-order chi connectivity index (χ1) is 22.8. The number of para-hydroxylation sites is 3. The Hall–Kier alpha value is -5.84. The van der Waals surface area contributed by atoms with Gasteiger partial charge in [-0.1, -0.05) is 78.9 Å². The molecule has 0 saturated heterocycles. The highest BCUT2D eigenvalue weighted by Gasteiger charge is 2.19. The van der Waals surface area contributed by atoms with E-state index in [2.05, 4.69) is 155 Å². The molecule has 0 amide bonds. The number of furan rings is 1. The summed E-state index contributed by atoms with van der Waals surface area (Å²) in [5, 5.41) is 7.32. The number of anilines is 3. The minimum Gasteiger partial charge on any atom is -0.456 e. The first kappa shape index (κ1) is 25.5. The van der Waals surface area contributed by atoms with Gasteiger partial charge in [0.05, 0.1) is 11.0 Å². The number of nitrogens with zero attached hydrogens (tertiary/aromatic N) is 2. The van der Waals surface area contributed by atoms with Gasteiger partial charge in [0.2, 0.25) is 0 Å². The topological polar surface area (TPSA) is 21.3 Å². The van der Waals surface area contributed by atoms with Gasteiger partial charge < -0.3 is 13.9 Å². The molecule has 0 aliphatic carbocycles. The van der Waals surface area contributed by atoms with E-state index in [1.165, 1.54) is 42.0 Å². The Bertz CT molecular complexity index is 2770. The lowest BCUT2D eigenvalue weighted by atomic mass is 10.1. The second kappa shape index (κ2) is 9.83. The maximum absolute atomic E-state index is 6.18. The maximum Gasteiger partial charge on any atom is 0.135 e. The van der Waals surface area contributed by atoms with Gasteiger partial charge in [0, 0.05) is 64.5 Å². The van der Waals surface area contributed by atoms with E-state index in [1.807, 2.05) is 23.5 Å². The van der Waals surface area contributed by atoms with Gasteiger partial charge in [0.25, 0.3) is 0 Å². The van der Waals surface area contributed by atoms with E-state index in [0.717, 1.165) is 44.7 Å². The molecule has 10 rings (SSSR count). The van der Waals surface area contributed by atoms with Crippen molar-refractivity contribution in [3.8, 4) is 5.69 Å². The van der Waals surface area contributed by atoms with Crippen LogP contribution in [0.4, 0.5) is 17.1 Å². The fraction of sp³-hybridized carbons (Fsp3) is 0. The van der Waals surface area contributed by atoms with Crippen LogP contribution in [0.25, 0.3) is 69.6 Å². The van der Waals surface area contributed by atoms with Crippen LogP contribution < -0.4 is 4.90 Å². The normalized spacial score (nSPS) is 11.9. The van der Waals surface area contributed by atoms with E-state index < -0.39 is 0 Å². The molecule has 0 aliphatic rings. The van der Waals surface area contributed by atoms with Crippen molar-refractivity contribution in [2.45, 2.75) is 0 Å². The van der Waals surface area contributed by atoms with Crippen molar-refractivity contribution < 1.29 is 4.42 Å². The zero-order valence-corrected chi connectivity index (χ0v) is 25.5. The molecule has 10 aromatic rings. The first-order valence-electron chi connectivity index (χ1n) is 15.5. The highest BCUT2D eigenvalue weighted by atomic mass is 32.1. The molecule has 46 heavy (non-hydrogen) atoms. The summed E-state index contributed by atoms with van der Waals surface area (Å²) >= 11 is 1.86. The number of hydrogen-bond donors (Lipinski definition) is 0. The molecule has 3 heterocycles. The monoisotopic (exact) mass is 606 g/mol. The number of thiophene rings is 1. The Morgan fingerprint density at radius 1 is 0.413 bits per heavy atom. The molecule has 0 saturated carbocycles. The van der Waals surface area contributed by atoms with Crippen LogP contribution in [0.15, 0.2) is 162 Å². The minimum absolute atomic E-state index is 0.893. The highest BCUT2D eigenvalue weighted by molar-refractivity contribution is 7.25. The fourth-order valence-electron chi connectivity index (χ4n) is 7.11. The summed E-state index contributed by atoms with van der Waals surface area (Å²) in [6, 6.07) is 56.6. The van der Waals surface area contributed by atoms with Gasteiger partial charge in [-0.05, 0) is 78.9 Å². The molecule has 0 fully saturated rings. The molecule has 3 nitrogen and oxygen atoms in total. The van der Waals surface area contributed by atoms with Crippen LogP contribution in [0.5, 0.6) is 0 Å². The van der Waals surface area contributed by atoms with E-state index in [0.29, 0.717) is 0 Å². The summed E-state index contributed by atoms with van der Waals surface area (Å²) in [5.41, 5.74) is 8.61. The van der Waals surface area contributed by atoms with E-state index in [9.17, 15) is 0 Å². The van der Waals surface area contributed by atoms with Gasteiger partial charge in [0.1, 0.15) is 11.2 Å². The van der Waals surface area contributed by atoms with Crippen LogP contribution in [0.1, 0.15) is 0 Å². The number of fused-ring (bicyclic) bond motifs is 9. The molecular formula is C42H26N2OS. The zero-order chi connectivity index (χ0) is 30.2.